The molecule has 19 heavy (non-hydrogen) atoms. The summed E-state index contributed by atoms with van der Waals surface area (Å²) in [5.74, 6) is -0.834. The van der Waals surface area contributed by atoms with Crippen molar-refractivity contribution in [2.75, 3.05) is 6.61 Å². The number of carboxylic acids is 1. The maximum atomic E-state index is 10.6. The van der Waals surface area contributed by atoms with Crippen molar-refractivity contribution in [3.63, 3.8) is 0 Å². The van der Waals surface area contributed by atoms with E-state index < -0.39 is 5.97 Å². The fraction of sp³-hybridized carbons (Fsp3) is 0.182. The quantitative estimate of drug-likeness (QED) is 0.488. The number of nitrogens with one attached hydrogen (secondary N) is 1. The largest absolute Gasteiger partial charge is 1.00 e. The second-order valence-electron chi connectivity index (χ2n) is 3.45. The molecule has 6 nitrogen and oxygen atoms in total. The monoisotopic (exact) mass is 317 g/mol. The molecule has 0 saturated carbocycles. The maximum absolute atomic E-state index is 10.6. The van der Waals surface area contributed by atoms with E-state index in [1.54, 1.807) is 12.5 Å². The average molecular weight is 318 g/mol. The standard InChI is InChI=1S/C11H10BrN3O3.Li/c12-10-9(2-1-8(15-10)11(16)17)18-4-3-7-5-13-6-14-7;/h1-2,5-6H,3-4H2,(H,13,14)(H,16,17);/q;+1/p-1. The van der Waals surface area contributed by atoms with Gasteiger partial charge in [0.25, 0.3) is 0 Å². The van der Waals surface area contributed by atoms with Crippen molar-refractivity contribution in [1.82, 2.24) is 15.0 Å². The Hall–Kier alpha value is -1.29. The Labute approximate surface area is 129 Å². The Bertz CT molecular complexity index is 548. The first-order valence-corrected chi connectivity index (χ1v) is 5.94. The van der Waals surface area contributed by atoms with Crippen LogP contribution in [0.4, 0.5) is 0 Å². The molecular formula is C11H9BrLiN3O3. The minimum Gasteiger partial charge on any atom is -0.543 e. The molecule has 0 spiro atoms. The smallest absolute Gasteiger partial charge is 0.543 e. The van der Waals surface area contributed by atoms with Gasteiger partial charge in [-0.05, 0) is 28.1 Å². The van der Waals surface area contributed by atoms with Crippen molar-refractivity contribution in [2.24, 2.45) is 0 Å². The number of nitrogens with zero attached hydrogens (tertiary/aromatic N) is 2. The van der Waals surface area contributed by atoms with Crippen LogP contribution in [0, 0.1) is 0 Å². The molecule has 0 atom stereocenters. The van der Waals surface area contributed by atoms with E-state index >= 15 is 0 Å². The fourth-order valence-corrected chi connectivity index (χ4v) is 1.77. The van der Waals surface area contributed by atoms with E-state index in [0.717, 1.165) is 5.69 Å². The SMILES string of the molecule is O=C([O-])c1ccc(OCCc2cnc[nH]2)c(Br)n1.[Li+]. The molecule has 2 aromatic heterocycles. The van der Waals surface area contributed by atoms with Gasteiger partial charge in [0, 0.05) is 18.3 Å². The molecule has 2 aromatic rings. The third kappa shape index (κ3) is 4.39. The van der Waals surface area contributed by atoms with Crippen LogP contribution < -0.4 is 28.7 Å². The predicted octanol–water partition coefficient (Wildman–Crippen LogP) is -2.44. The van der Waals surface area contributed by atoms with E-state index in [4.69, 9.17) is 4.74 Å². The Kier molecular flexibility index (Phi) is 6.08. The van der Waals surface area contributed by atoms with E-state index in [2.05, 4.69) is 30.9 Å². The van der Waals surface area contributed by atoms with Gasteiger partial charge in [-0.25, -0.2) is 9.97 Å². The van der Waals surface area contributed by atoms with E-state index in [-0.39, 0.29) is 24.6 Å². The molecule has 0 aliphatic heterocycles. The van der Waals surface area contributed by atoms with Gasteiger partial charge >= 0.3 is 18.9 Å². The molecule has 0 unspecified atom stereocenters. The summed E-state index contributed by atoms with van der Waals surface area (Å²) < 4.78 is 5.82. The van der Waals surface area contributed by atoms with Crippen LogP contribution in [-0.4, -0.2) is 27.5 Å². The van der Waals surface area contributed by atoms with Crippen molar-refractivity contribution in [1.29, 1.82) is 0 Å². The Morgan fingerprint density at radius 1 is 1.47 bits per heavy atom. The number of aromatic amines is 1. The molecule has 0 radical (unpaired) electrons. The second kappa shape index (κ2) is 7.33. The van der Waals surface area contributed by atoms with Crippen LogP contribution in [0.15, 0.2) is 29.3 Å². The van der Waals surface area contributed by atoms with Gasteiger partial charge in [0.05, 0.1) is 24.6 Å². The normalized spacial score (nSPS) is 9.74. The Morgan fingerprint density at radius 2 is 2.26 bits per heavy atom. The van der Waals surface area contributed by atoms with Gasteiger partial charge in [-0.15, -0.1) is 0 Å². The first-order valence-electron chi connectivity index (χ1n) is 5.15. The molecule has 2 heterocycles. The first-order chi connectivity index (χ1) is 8.66. The van der Waals surface area contributed by atoms with Crippen molar-refractivity contribution in [3.05, 3.63) is 40.6 Å². The number of carbonyl (C=O) groups is 1. The summed E-state index contributed by atoms with van der Waals surface area (Å²) in [4.78, 5) is 21.2. The number of hydrogen-bond donors (Lipinski definition) is 1. The zero-order valence-corrected chi connectivity index (χ0v) is 11.8. The zero-order valence-electron chi connectivity index (χ0n) is 10.2. The Balaban J connectivity index is 0.00000180. The van der Waals surface area contributed by atoms with Gasteiger partial charge in [0.1, 0.15) is 4.60 Å². The second-order valence-corrected chi connectivity index (χ2v) is 4.20. The molecule has 0 bridgehead atoms. The average Bonchev–Trinajstić information content (AvgIpc) is 2.84. The Morgan fingerprint density at radius 3 is 2.84 bits per heavy atom. The van der Waals surface area contributed by atoms with E-state index in [9.17, 15) is 9.90 Å². The van der Waals surface area contributed by atoms with Crippen molar-refractivity contribution in [2.45, 2.75) is 6.42 Å². The minimum absolute atomic E-state index is 0. The molecule has 8 heteroatoms. The summed E-state index contributed by atoms with van der Waals surface area (Å²) in [7, 11) is 0. The van der Waals surface area contributed by atoms with Crippen LogP contribution in [0.1, 0.15) is 16.2 Å². The van der Waals surface area contributed by atoms with Crippen LogP contribution in [0.25, 0.3) is 0 Å². The fourth-order valence-electron chi connectivity index (χ4n) is 1.34. The number of carboxylic acid groups (broad SMARTS) is 1. The molecule has 1 N–H and O–H groups in total. The maximum Gasteiger partial charge on any atom is 1.00 e. The van der Waals surface area contributed by atoms with Crippen molar-refractivity contribution >= 4 is 21.9 Å². The third-order valence-corrected chi connectivity index (χ3v) is 2.78. The van der Waals surface area contributed by atoms with Crippen LogP contribution in [0.3, 0.4) is 0 Å². The van der Waals surface area contributed by atoms with Crippen LogP contribution in [0.5, 0.6) is 5.75 Å². The predicted molar refractivity (Wildman–Crippen MR) is 64.1 cm³/mol. The summed E-state index contributed by atoms with van der Waals surface area (Å²) in [6, 6.07) is 2.88. The number of halogens is 1. The topological polar surface area (TPSA) is 90.9 Å². The van der Waals surface area contributed by atoms with E-state index in [1.807, 2.05) is 0 Å². The molecule has 0 aliphatic rings. The van der Waals surface area contributed by atoms with Crippen LogP contribution in [0.2, 0.25) is 0 Å². The molecule has 0 aliphatic carbocycles. The number of ether oxygens (including phenoxy) is 1. The van der Waals surface area contributed by atoms with Gasteiger partial charge < -0.3 is 19.6 Å². The number of pyridine rings is 1. The van der Waals surface area contributed by atoms with E-state index in [0.29, 0.717) is 23.4 Å². The molecule has 94 valence electrons. The first kappa shape index (κ1) is 15.8. The molecule has 0 amide bonds. The van der Waals surface area contributed by atoms with Gasteiger partial charge in [-0.2, -0.15) is 0 Å². The number of hydrogen-bond acceptors (Lipinski definition) is 5. The third-order valence-electron chi connectivity index (χ3n) is 2.21. The summed E-state index contributed by atoms with van der Waals surface area (Å²) in [6.45, 7) is 0.438. The summed E-state index contributed by atoms with van der Waals surface area (Å²) in [5.41, 5.74) is 0.827. The molecule has 0 aromatic carbocycles. The summed E-state index contributed by atoms with van der Waals surface area (Å²) in [6.07, 6.45) is 3.99. The van der Waals surface area contributed by atoms with Crippen molar-refractivity contribution in [3.8, 4) is 5.75 Å². The zero-order chi connectivity index (χ0) is 13.0. The van der Waals surface area contributed by atoms with Crippen LogP contribution >= 0.6 is 15.9 Å². The molecular weight excluding hydrogens is 309 g/mol. The number of aromatic nitrogens is 3. The van der Waals surface area contributed by atoms with E-state index in [1.165, 1.54) is 12.1 Å². The molecule has 2 rings (SSSR count). The van der Waals surface area contributed by atoms with Gasteiger partial charge in [-0.1, -0.05) is 0 Å². The van der Waals surface area contributed by atoms with Gasteiger partial charge in [0.2, 0.25) is 0 Å². The van der Waals surface area contributed by atoms with Gasteiger partial charge in [0.15, 0.2) is 5.75 Å². The number of H-pyrrole nitrogens is 1. The van der Waals surface area contributed by atoms with Gasteiger partial charge in [-0.3, -0.25) is 0 Å². The number of aromatic carboxylic acids is 1. The minimum atomic E-state index is -1.32. The number of rotatable bonds is 5. The molecule has 0 saturated heterocycles. The summed E-state index contributed by atoms with van der Waals surface area (Å²) >= 11 is 3.15. The summed E-state index contributed by atoms with van der Waals surface area (Å²) in [5, 5.41) is 10.6. The van der Waals surface area contributed by atoms with Crippen LogP contribution in [-0.2, 0) is 6.42 Å². The number of carbonyl (C=O) groups excluding carboxylic acids is 1. The molecule has 0 fully saturated rings. The number of imidazole rings is 1. The van der Waals surface area contributed by atoms with Crippen molar-refractivity contribution < 1.29 is 33.5 Å².